The highest BCUT2D eigenvalue weighted by atomic mass is 32.2. The number of carbonyl (C=O) groups is 1. The summed E-state index contributed by atoms with van der Waals surface area (Å²) < 4.78 is 30.7. The van der Waals surface area contributed by atoms with E-state index in [-0.39, 0.29) is 24.5 Å². The van der Waals surface area contributed by atoms with Crippen LogP contribution >= 0.6 is 0 Å². The largest absolute Gasteiger partial charge is 0.393 e. The maximum atomic E-state index is 12.5. The lowest BCUT2D eigenvalue weighted by molar-refractivity contribution is -0.131. The molecule has 4 aliphatic rings. The monoisotopic (exact) mass is 497 g/mol. The molecule has 0 aromatic rings. The SMILES string of the molecule is CC(C[C@@H](C)[C@H]1CCC2C3CCC4C[C@H](O)CC[C@]4(C)C3CC[C@@]21C)C(=O)NCCS(=O)(=O)O. The maximum absolute atomic E-state index is 12.5. The van der Waals surface area contributed by atoms with Gasteiger partial charge in [0.05, 0.1) is 11.9 Å². The number of fused-ring (bicyclic) bond motifs is 5. The fourth-order valence-corrected chi connectivity index (χ4v) is 9.88. The summed E-state index contributed by atoms with van der Waals surface area (Å²) in [6, 6.07) is 0. The van der Waals surface area contributed by atoms with E-state index in [4.69, 9.17) is 4.55 Å². The van der Waals surface area contributed by atoms with E-state index in [0.29, 0.717) is 28.6 Å². The molecule has 4 saturated carbocycles. The van der Waals surface area contributed by atoms with Gasteiger partial charge in [0.1, 0.15) is 0 Å². The van der Waals surface area contributed by atoms with Crippen molar-refractivity contribution in [1.29, 1.82) is 0 Å². The Morgan fingerprint density at radius 2 is 1.68 bits per heavy atom. The molecule has 196 valence electrons. The number of aliphatic hydroxyl groups is 1. The summed E-state index contributed by atoms with van der Waals surface area (Å²) in [5, 5.41) is 12.9. The van der Waals surface area contributed by atoms with Gasteiger partial charge in [-0.3, -0.25) is 9.35 Å². The van der Waals surface area contributed by atoms with Crippen molar-refractivity contribution in [2.75, 3.05) is 12.3 Å². The number of amides is 1. The van der Waals surface area contributed by atoms with Crippen molar-refractivity contribution in [3.8, 4) is 0 Å². The van der Waals surface area contributed by atoms with Crippen molar-refractivity contribution in [2.45, 2.75) is 98.0 Å². The quantitative estimate of drug-likeness (QED) is 0.443. The zero-order valence-electron chi connectivity index (χ0n) is 21.6. The van der Waals surface area contributed by atoms with Gasteiger partial charge in [-0.2, -0.15) is 8.42 Å². The third-order valence-electron chi connectivity index (χ3n) is 11.2. The number of rotatable bonds is 7. The zero-order chi connectivity index (χ0) is 24.9. The van der Waals surface area contributed by atoms with E-state index in [9.17, 15) is 18.3 Å². The second-order valence-corrected chi connectivity index (χ2v) is 14.6. The molecule has 5 unspecified atom stereocenters. The first kappa shape index (κ1) is 26.4. The normalized spacial score (nSPS) is 43.8. The Hall–Kier alpha value is -0.660. The summed E-state index contributed by atoms with van der Waals surface area (Å²) >= 11 is 0. The number of hydrogen-bond donors (Lipinski definition) is 3. The van der Waals surface area contributed by atoms with Crippen molar-refractivity contribution in [3.05, 3.63) is 0 Å². The van der Waals surface area contributed by atoms with Gasteiger partial charge >= 0.3 is 0 Å². The Kier molecular flexibility index (Phi) is 7.50. The summed E-state index contributed by atoms with van der Waals surface area (Å²) in [4.78, 5) is 12.5. The summed E-state index contributed by atoms with van der Waals surface area (Å²) in [7, 11) is -4.05. The predicted octanol–water partition coefficient (Wildman–Crippen LogP) is 4.67. The van der Waals surface area contributed by atoms with Gasteiger partial charge in [0.25, 0.3) is 10.1 Å². The fourth-order valence-electron chi connectivity index (χ4n) is 9.52. The second kappa shape index (κ2) is 9.66. The molecule has 4 rings (SSSR count). The maximum Gasteiger partial charge on any atom is 0.266 e. The van der Waals surface area contributed by atoms with Crippen LogP contribution in [0.2, 0.25) is 0 Å². The number of aliphatic hydroxyl groups excluding tert-OH is 1. The van der Waals surface area contributed by atoms with Gasteiger partial charge < -0.3 is 10.4 Å². The Morgan fingerprint density at radius 3 is 2.38 bits per heavy atom. The third-order valence-corrected chi connectivity index (χ3v) is 12.0. The zero-order valence-corrected chi connectivity index (χ0v) is 22.4. The molecule has 6 nitrogen and oxygen atoms in total. The van der Waals surface area contributed by atoms with Crippen LogP contribution in [0.3, 0.4) is 0 Å². The average molecular weight is 498 g/mol. The van der Waals surface area contributed by atoms with Crippen molar-refractivity contribution in [3.63, 3.8) is 0 Å². The van der Waals surface area contributed by atoms with Crippen molar-refractivity contribution in [2.24, 2.45) is 52.3 Å². The molecule has 4 fully saturated rings. The Labute approximate surface area is 206 Å². The predicted molar refractivity (Wildman–Crippen MR) is 134 cm³/mol. The first-order chi connectivity index (χ1) is 15.8. The van der Waals surface area contributed by atoms with Crippen LogP contribution in [-0.2, 0) is 14.9 Å². The molecular weight excluding hydrogens is 450 g/mol. The second-order valence-electron chi connectivity index (χ2n) is 13.0. The molecule has 0 aromatic heterocycles. The van der Waals surface area contributed by atoms with Crippen molar-refractivity contribution < 1.29 is 22.9 Å². The average Bonchev–Trinajstić information content (AvgIpc) is 3.10. The molecule has 0 heterocycles. The molecule has 0 radical (unpaired) electrons. The van der Waals surface area contributed by atoms with Crippen molar-refractivity contribution >= 4 is 16.0 Å². The van der Waals surface area contributed by atoms with Crippen LogP contribution in [0.5, 0.6) is 0 Å². The van der Waals surface area contributed by atoms with Gasteiger partial charge in [-0.15, -0.1) is 0 Å². The lowest BCUT2D eigenvalue weighted by atomic mass is 9.44. The third kappa shape index (κ3) is 4.95. The van der Waals surface area contributed by atoms with E-state index in [1.54, 1.807) is 0 Å². The van der Waals surface area contributed by atoms with Gasteiger partial charge in [-0.1, -0.05) is 27.7 Å². The van der Waals surface area contributed by atoms with Crippen molar-refractivity contribution in [1.82, 2.24) is 5.32 Å². The van der Waals surface area contributed by atoms with Crippen LogP contribution in [-0.4, -0.2) is 42.4 Å². The Bertz CT molecular complexity index is 861. The summed E-state index contributed by atoms with van der Waals surface area (Å²) in [6.45, 7) is 9.29. The summed E-state index contributed by atoms with van der Waals surface area (Å²) in [6.07, 6.45) is 11.7. The molecule has 0 aromatic carbocycles. The molecule has 0 saturated heterocycles. The first-order valence-corrected chi connectivity index (χ1v) is 15.4. The van der Waals surface area contributed by atoms with E-state index >= 15 is 0 Å². The minimum Gasteiger partial charge on any atom is -0.393 e. The Balaban J connectivity index is 1.38. The van der Waals surface area contributed by atoms with Gasteiger partial charge in [0.15, 0.2) is 0 Å². The highest BCUT2D eigenvalue weighted by Gasteiger charge is 2.60. The van der Waals surface area contributed by atoms with E-state index in [1.807, 2.05) is 6.92 Å². The Morgan fingerprint density at radius 1 is 1.00 bits per heavy atom. The minimum atomic E-state index is -4.05. The molecule has 34 heavy (non-hydrogen) atoms. The lowest BCUT2D eigenvalue weighted by Gasteiger charge is -2.61. The molecular formula is C27H47NO5S. The van der Waals surface area contributed by atoms with E-state index < -0.39 is 15.9 Å². The summed E-state index contributed by atoms with van der Waals surface area (Å²) in [5.41, 5.74) is 0.751. The number of nitrogens with one attached hydrogen (secondary N) is 1. The fraction of sp³-hybridized carbons (Fsp3) is 0.963. The smallest absolute Gasteiger partial charge is 0.266 e. The van der Waals surface area contributed by atoms with Crippen LogP contribution in [0.1, 0.15) is 91.9 Å². The highest BCUT2D eigenvalue weighted by molar-refractivity contribution is 7.85. The van der Waals surface area contributed by atoms with Gasteiger partial charge in [0, 0.05) is 12.5 Å². The van der Waals surface area contributed by atoms with E-state index in [0.717, 1.165) is 37.0 Å². The molecule has 3 N–H and O–H groups in total. The molecule has 0 bridgehead atoms. The minimum absolute atomic E-state index is 0.0422. The first-order valence-electron chi connectivity index (χ1n) is 13.8. The molecule has 4 aliphatic carbocycles. The molecule has 10 atom stereocenters. The van der Waals surface area contributed by atoms with Gasteiger partial charge in [0.2, 0.25) is 5.91 Å². The summed E-state index contributed by atoms with van der Waals surface area (Å²) in [5.74, 6) is 3.44. The number of hydrogen-bond acceptors (Lipinski definition) is 4. The topological polar surface area (TPSA) is 104 Å². The molecule has 0 aliphatic heterocycles. The van der Waals surface area contributed by atoms with E-state index in [2.05, 4.69) is 26.1 Å². The highest BCUT2D eigenvalue weighted by Crippen LogP contribution is 2.68. The van der Waals surface area contributed by atoms with Gasteiger partial charge in [-0.25, -0.2) is 0 Å². The molecule has 0 spiro atoms. The standard InChI is InChI=1S/C27H47NO5S/c1-17(15-18(2)25(30)28-13-14-34(31,32)33)22-7-8-23-21-6-5-19-16-20(29)9-11-26(19,3)24(21)10-12-27(22,23)4/h17-24,29H,5-16H2,1-4H3,(H,28,30)(H,31,32,33)/t17-,18?,19?,20-,21?,22-,23?,24?,26+,27-/m1/s1. The lowest BCUT2D eigenvalue weighted by Crippen LogP contribution is -2.54. The molecule has 7 heteroatoms. The van der Waals surface area contributed by atoms with Crippen LogP contribution < -0.4 is 5.32 Å². The van der Waals surface area contributed by atoms with Crippen LogP contribution in [0, 0.1) is 52.3 Å². The van der Waals surface area contributed by atoms with E-state index in [1.165, 1.54) is 44.9 Å². The van der Waals surface area contributed by atoms with Crippen LogP contribution in [0.15, 0.2) is 0 Å². The van der Waals surface area contributed by atoms with Gasteiger partial charge in [-0.05, 0) is 111 Å². The van der Waals surface area contributed by atoms with Crippen LogP contribution in [0.25, 0.3) is 0 Å². The van der Waals surface area contributed by atoms with Crippen LogP contribution in [0.4, 0.5) is 0 Å². The number of carbonyl (C=O) groups excluding carboxylic acids is 1. The molecule has 1 amide bonds.